The molecular weight excluding hydrogens is 281 g/mol. The van der Waals surface area contributed by atoms with Crippen LogP contribution in [-0.2, 0) is 0 Å². The first kappa shape index (κ1) is 16.1. The zero-order chi connectivity index (χ0) is 15.6. The normalized spacial score (nSPS) is 25.0. The highest BCUT2D eigenvalue weighted by atomic mass is 19.4. The molecule has 1 heterocycles. The van der Waals surface area contributed by atoms with Crippen molar-refractivity contribution in [2.24, 2.45) is 11.7 Å². The van der Waals surface area contributed by atoms with Crippen LogP contribution >= 0.6 is 0 Å². The van der Waals surface area contributed by atoms with Crippen LogP contribution in [0.25, 0.3) is 0 Å². The summed E-state index contributed by atoms with van der Waals surface area (Å²) >= 11 is 0. The Labute approximate surface area is 122 Å². The zero-order valence-corrected chi connectivity index (χ0v) is 12.2. The summed E-state index contributed by atoms with van der Waals surface area (Å²) in [5.74, 6) is 0.377. The maximum atomic E-state index is 12.3. The summed E-state index contributed by atoms with van der Waals surface area (Å²) in [6.07, 6.45) is -3.60. The molecule has 0 spiro atoms. The summed E-state index contributed by atoms with van der Waals surface area (Å²) in [4.78, 5) is 2.26. The van der Waals surface area contributed by atoms with E-state index in [-0.39, 0.29) is 11.8 Å². The number of likely N-dealkylation sites (tertiary alicyclic amines) is 1. The first-order valence-corrected chi connectivity index (χ1v) is 7.11. The summed E-state index contributed by atoms with van der Waals surface area (Å²) in [5.41, 5.74) is 6.63. The number of ether oxygens (including phenoxy) is 1. The van der Waals surface area contributed by atoms with Gasteiger partial charge in [0.25, 0.3) is 0 Å². The van der Waals surface area contributed by atoms with Gasteiger partial charge >= 0.3 is 6.36 Å². The van der Waals surface area contributed by atoms with Gasteiger partial charge in [0.05, 0.1) is 0 Å². The molecule has 1 aromatic carbocycles. The number of hydrogen-bond donors (Lipinski definition) is 1. The fraction of sp³-hybridized carbons (Fsp3) is 0.600. The van der Waals surface area contributed by atoms with Gasteiger partial charge in [-0.05, 0) is 37.0 Å². The lowest BCUT2D eigenvalue weighted by atomic mass is 10.0. The van der Waals surface area contributed by atoms with Gasteiger partial charge in [-0.25, -0.2) is 0 Å². The van der Waals surface area contributed by atoms with Crippen LogP contribution in [-0.4, -0.2) is 30.4 Å². The molecule has 118 valence electrons. The van der Waals surface area contributed by atoms with Crippen molar-refractivity contribution in [1.82, 2.24) is 4.90 Å². The number of hydrogen-bond acceptors (Lipinski definition) is 3. The predicted molar refractivity (Wildman–Crippen MR) is 74.9 cm³/mol. The smallest absolute Gasteiger partial charge is 0.406 e. The molecule has 1 saturated heterocycles. The van der Waals surface area contributed by atoms with E-state index >= 15 is 0 Å². The largest absolute Gasteiger partial charge is 0.573 e. The number of alkyl halides is 3. The van der Waals surface area contributed by atoms with Crippen LogP contribution in [0, 0.1) is 5.92 Å². The van der Waals surface area contributed by atoms with E-state index in [1.54, 1.807) is 12.1 Å². The second-order valence-electron chi connectivity index (χ2n) is 5.76. The highest BCUT2D eigenvalue weighted by molar-refractivity contribution is 5.31. The lowest BCUT2D eigenvalue weighted by Gasteiger charge is -2.31. The number of rotatable bonds is 4. The summed E-state index contributed by atoms with van der Waals surface area (Å²) in [7, 11) is 0. The standard InChI is InChI=1S/C15H21F3N2O/c1-10-6-11(2)20(9-10)14(8-19)12-4-3-5-13(7-12)21-15(16,17)18/h3-5,7,10-11,14H,6,8-9,19H2,1-2H3. The number of nitrogens with zero attached hydrogens (tertiary/aromatic N) is 1. The third kappa shape index (κ3) is 4.11. The van der Waals surface area contributed by atoms with Crippen molar-refractivity contribution >= 4 is 0 Å². The maximum Gasteiger partial charge on any atom is 0.573 e. The molecule has 1 aliphatic rings. The molecule has 3 atom stereocenters. The molecule has 1 aliphatic heterocycles. The lowest BCUT2D eigenvalue weighted by Crippen LogP contribution is -2.36. The van der Waals surface area contributed by atoms with Crippen LogP contribution in [0.2, 0.25) is 0 Å². The lowest BCUT2D eigenvalue weighted by molar-refractivity contribution is -0.274. The van der Waals surface area contributed by atoms with Gasteiger partial charge < -0.3 is 10.5 Å². The van der Waals surface area contributed by atoms with E-state index in [0.717, 1.165) is 18.5 Å². The van der Waals surface area contributed by atoms with Gasteiger partial charge in [-0.1, -0.05) is 19.1 Å². The second-order valence-corrected chi connectivity index (χ2v) is 5.76. The van der Waals surface area contributed by atoms with E-state index in [2.05, 4.69) is 23.5 Å². The van der Waals surface area contributed by atoms with E-state index in [9.17, 15) is 13.2 Å². The van der Waals surface area contributed by atoms with Crippen molar-refractivity contribution in [2.75, 3.05) is 13.1 Å². The van der Waals surface area contributed by atoms with Crippen molar-refractivity contribution in [3.63, 3.8) is 0 Å². The molecule has 0 saturated carbocycles. The molecule has 3 unspecified atom stereocenters. The number of nitrogens with two attached hydrogens (primary N) is 1. The predicted octanol–water partition coefficient (Wildman–Crippen LogP) is 3.32. The van der Waals surface area contributed by atoms with Crippen LogP contribution in [0.3, 0.4) is 0 Å². The van der Waals surface area contributed by atoms with Gasteiger partial charge in [-0.3, -0.25) is 4.90 Å². The Balaban J connectivity index is 2.20. The highest BCUT2D eigenvalue weighted by Gasteiger charge is 2.33. The van der Waals surface area contributed by atoms with Crippen molar-refractivity contribution in [1.29, 1.82) is 0 Å². The summed E-state index contributed by atoms with van der Waals surface area (Å²) in [6, 6.07) is 6.41. The van der Waals surface area contributed by atoms with Crippen molar-refractivity contribution < 1.29 is 17.9 Å². The molecule has 0 amide bonds. The van der Waals surface area contributed by atoms with E-state index in [1.165, 1.54) is 12.1 Å². The summed E-state index contributed by atoms with van der Waals surface area (Å²) in [6.45, 7) is 5.58. The number of benzene rings is 1. The zero-order valence-electron chi connectivity index (χ0n) is 12.2. The molecule has 6 heteroatoms. The van der Waals surface area contributed by atoms with Crippen LogP contribution in [0.15, 0.2) is 24.3 Å². The minimum absolute atomic E-state index is 0.0817. The quantitative estimate of drug-likeness (QED) is 0.927. The van der Waals surface area contributed by atoms with Gasteiger partial charge in [0.1, 0.15) is 5.75 Å². The molecule has 0 bridgehead atoms. The maximum absolute atomic E-state index is 12.3. The van der Waals surface area contributed by atoms with Crippen LogP contribution in [0.5, 0.6) is 5.75 Å². The average Bonchev–Trinajstić information content (AvgIpc) is 2.68. The molecule has 2 rings (SSSR count). The first-order chi connectivity index (χ1) is 9.80. The Morgan fingerprint density at radius 3 is 2.62 bits per heavy atom. The van der Waals surface area contributed by atoms with E-state index in [4.69, 9.17) is 5.73 Å². The first-order valence-electron chi connectivity index (χ1n) is 7.11. The Hall–Kier alpha value is -1.27. The Morgan fingerprint density at radius 2 is 2.10 bits per heavy atom. The fourth-order valence-corrected chi connectivity index (χ4v) is 3.15. The molecule has 0 radical (unpaired) electrons. The molecule has 0 aliphatic carbocycles. The third-order valence-corrected chi connectivity index (χ3v) is 3.93. The van der Waals surface area contributed by atoms with Crippen molar-refractivity contribution in [3.8, 4) is 5.75 Å². The monoisotopic (exact) mass is 302 g/mol. The van der Waals surface area contributed by atoms with E-state index in [1.807, 2.05) is 0 Å². The van der Waals surface area contributed by atoms with Gasteiger partial charge in [0.2, 0.25) is 0 Å². The molecule has 3 nitrogen and oxygen atoms in total. The third-order valence-electron chi connectivity index (χ3n) is 3.93. The molecule has 2 N–H and O–H groups in total. The average molecular weight is 302 g/mol. The van der Waals surface area contributed by atoms with Gasteiger partial charge in [0, 0.05) is 25.2 Å². The topological polar surface area (TPSA) is 38.5 Å². The second kappa shape index (κ2) is 6.23. The molecule has 1 aromatic rings. The van der Waals surface area contributed by atoms with E-state index in [0.29, 0.717) is 18.5 Å². The molecular formula is C15H21F3N2O. The highest BCUT2D eigenvalue weighted by Crippen LogP contribution is 2.33. The van der Waals surface area contributed by atoms with Gasteiger partial charge in [-0.2, -0.15) is 0 Å². The Morgan fingerprint density at radius 1 is 1.38 bits per heavy atom. The van der Waals surface area contributed by atoms with Crippen LogP contribution in [0.1, 0.15) is 31.9 Å². The Kier molecular flexibility index (Phi) is 4.78. The van der Waals surface area contributed by atoms with E-state index < -0.39 is 6.36 Å². The Bertz CT molecular complexity index is 478. The minimum atomic E-state index is -4.67. The van der Waals surface area contributed by atoms with Gasteiger partial charge in [0.15, 0.2) is 0 Å². The van der Waals surface area contributed by atoms with Crippen LogP contribution < -0.4 is 10.5 Å². The van der Waals surface area contributed by atoms with Gasteiger partial charge in [-0.15, -0.1) is 13.2 Å². The SMILES string of the molecule is CC1CC(C)N(C(CN)c2cccc(OC(F)(F)F)c2)C1. The van der Waals surface area contributed by atoms with Crippen LogP contribution in [0.4, 0.5) is 13.2 Å². The summed E-state index contributed by atoms with van der Waals surface area (Å²) < 4.78 is 40.9. The molecule has 21 heavy (non-hydrogen) atoms. The summed E-state index contributed by atoms with van der Waals surface area (Å²) in [5, 5.41) is 0. The van der Waals surface area contributed by atoms with Crippen molar-refractivity contribution in [2.45, 2.75) is 38.7 Å². The number of halogens is 3. The van der Waals surface area contributed by atoms with Crippen molar-refractivity contribution in [3.05, 3.63) is 29.8 Å². The fourth-order valence-electron chi connectivity index (χ4n) is 3.15. The molecule has 0 aromatic heterocycles. The minimum Gasteiger partial charge on any atom is -0.406 e. The molecule has 1 fully saturated rings.